The molecule has 266 valence electrons. The summed E-state index contributed by atoms with van der Waals surface area (Å²) in [6, 6.07) is 24.1. The number of amides is 1. The molecule has 0 aliphatic carbocycles. The Morgan fingerprint density at radius 1 is 1.00 bits per heavy atom. The number of sulfonamides is 1. The van der Waals surface area contributed by atoms with Gasteiger partial charge in [-0.05, 0) is 106 Å². The standard InChI is InChI=1S/C37H41F3N4O3S3/c1-26-23-34(49-36(26)41-30(19-20-43(2)3)25-48-32-10-5-4-6-11-32)50(46,47)42-35(45)28-13-15-31(16-14-28)44-21-17-27(18-22-44)24-29-9-7-8-12-33(29)37(38,39)40/h4-16,23-24,30,41H,17-22,25H2,1-3H3,(H,42,45)/t30-/m1/s1. The number of alkyl halides is 3. The van der Waals surface area contributed by atoms with E-state index in [1.54, 1.807) is 54.2 Å². The smallest absolute Gasteiger partial charge is 0.373 e. The van der Waals surface area contributed by atoms with Crippen LogP contribution < -0.4 is 14.9 Å². The minimum Gasteiger partial charge on any atom is -0.373 e. The van der Waals surface area contributed by atoms with Crippen molar-refractivity contribution in [1.29, 1.82) is 0 Å². The molecule has 13 heteroatoms. The van der Waals surface area contributed by atoms with Gasteiger partial charge >= 0.3 is 6.18 Å². The summed E-state index contributed by atoms with van der Waals surface area (Å²) in [5, 5.41) is 4.30. The molecule has 5 rings (SSSR count). The number of piperidine rings is 1. The largest absolute Gasteiger partial charge is 0.416 e. The average molecular weight is 743 g/mol. The Bertz CT molecular complexity index is 1880. The number of carbonyl (C=O) groups is 1. The maximum absolute atomic E-state index is 13.4. The molecule has 3 aromatic carbocycles. The van der Waals surface area contributed by atoms with Crippen LogP contribution in [0.4, 0.5) is 23.9 Å². The molecule has 1 atom stereocenters. The Morgan fingerprint density at radius 3 is 2.32 bits per heavy atom. The second-order valence-electron chi connectivity index (χ2n) is 12.5. The molecule has 1 fully saturated rings. The van der Waals surface area contributed by atoms with Gasteiger partial charge in [-0.15, -0.1) is 23.1 Å². The van der Waals surface area contributed by atoms with E-state index in [4.69, 9.17) is 0 Å². The summed E-state index contributed by atoms with van der Waals surface area (Å²) in [5.74, 6) is 0.0721. The van der Waals surface area contributed by atoms with Gasteiger partial charge in [-0.2, -0.15) is 13.2 Å². The molecule has 1 saturated heterocycles. The molecule has 1 aliphatic heterocycles. The van der Waals surface area contributed by atoms with Crippen molar-refractivity contribution in [1.82, 2.24) is 9.62 Å². The Balaban J connectivity index is 1.18. The van der Waals surface area contributed by atoms with Crippen LogP contribution in [0.5, 0.6) is 0 Å². The van der Waals surface area contributed by atoms with Crippen LogP contribution in [0.1, 0.15) is 46.3 Å². The monoisotopic (exact) mass is 742 g/mol. The highest BCUT2D eigenvalue weighted by atomic mass is 32.2. The van der Waals surface area contributed by atoms with Gasteiger partial charge in [-0.25, -0.2) is 13.1 Å². The number of nitrogens with one attached hydrogen (secondary N) is 2. The van der Waals surface area contributed by atoms with Gasteiger partial charge in [0, 0.05) is 41.0 Å². The van der Waals surface area contributed by atoms with Crippen LogP contribution in [0.3, 0.4) is 0 Å². The summed E-state index contributed by atoms with van der Waals surface area (Å²) in [4.78, 5) is 18.4. The van der Waals surface area contributed by atoms with Crippen molar-refractivity contribution in [3.63, 3.8) is 0 Å². The molecule has 0 saturated carbocycles. The Hall–Kier alpha value is -3.78. The number of carbonyl (C=O) groups excluding carboxylic acids is 1. The summed E-state index contributed by atoms with van der Waals surface area (Å²) >= 11 is 2.85. The number of benzene rings is 3. The fourth-order valence-electron chi connectivity index (χ4n) is 5.59. The maximum Gasteiger partial charge on any atom is 0.416 e. The zero-order valence-electron chi connectivity index (χ0n) is 28.2. The van der Waals surface area contributed by atoms with Gasteiger partial charge in [-0.3, -0.25) is 4.79 Å². The number of rotatable bonds is 13. The molecule has 0 radical (unpaired) electrons. The summed E-state index contributed by atoms with van der Waals surface area (Å²) in [6.07, 6.45) is -0.707. The number of halogens is 3. The van der Waals surface area contributed by atoms with Gasteiger partial charge in [0.25, 0.3) is 15.9 Å². The summed E-state index contributed by atoms with van der Waals surface area (Å²) in [7, 11) is -0.0799. The highest BCUT2D eigenvalue weighted by molar-refractivity contribution is 7.99. The molecule has 1 amide bonds. The van der Waals surface area contributed by atoms with Gasteiger partial charge < -0.3 is 15.1 Å². The molecular formula is C37H41F3N4O3S3. The number of hydrogen-bond donors (Lipinski definition) is 2. The molecule has 2 N–H and O–H groups in total. The minimum absolute atomic E-state index is 0.0552. The molecule has 1 aromatic heterocycles. The van der Waals surface area contributed by atoms with Gasteiger partial charge in [-0.1, -0.05) is 48.0 Å². The van der Waals surface area contributed by atoms with E-state index in [2.05, 4.69) is 32.0 Å². The van der Waals surface area contributed by atoms with E-state index in [-0.39, 0.29) is 21.4 Å². The van der Waals surface area contributed by atoms with Crippen molar-refractivity contribution in [3.05, 3.63) is 113 Å². The first-order valence-electron chi connectivity index (χ1n) is 16.3. The maximum atomic E-state index is 13.4. The average Bonchev–Trinajstić information content (AvgIpc) is 3.47. The molecule has 0 bridgehead atoms. The molecule has 7 nitrogen and oxygen atoms in total. The lowest BCUT2D eigenvalue weighted by Gasteiger charge is -2.30. The molecule has 2 heterocycles. The number of aryl methyl sites for hydroxylation is 1. The molecule has 1 aliphatic rings. The lowest BCUT2D eigenvalue weighted by Crippen LogP contribution is -2.31. The van der Waals surface area contributed by atoms with E-state index in [0.717, 1.165) is 62.8 Å². The predicted molar refractivity (Wildman–Crippen MR) is 199 cm³/mol. The predicted octanol–water partition coefficient (Wildman–Crippen LogP) is 8.40. The second-order valence-corrected chi connectivity index (χ2v) is 16.5. The molecule has 4 aromatic rings. The molecular weight excluding hydrogens is 702 g/mol. The van der Waals surface area contributed by atoms with E-state index in [1.165, 1.54) is 12.1 Å². The molecule has 0 unspecified atom stereocenters. The minimum atomic E-state index is -4.41. The van der Waals surface area contributed by atoms with E-state index in [1.807, 2.05) is 39.2 Å². The van der Waals surface area contributed by atoms with Crippen LogP contribution >= 0.6 is 23.1 Å². The number of thiophene rings is 1. The van der Waals surface area contributed by atoms with Gasteiger partial charge in [0.1, 0.15) is 4.21 Å². The zero-order chi connectivity index (χ0) is 35.9. The van der Waals surface area contributed by atoms with Crippen LogP contribution in [0.15, 0.2) is 99.6 Å². The third-order valence-electron chi connectivity index (χ3n) is 8.37. The Labute approximate surface area is 300 Å². The van der Waals surface area contributed by atoms with Gasteiger partial charge in [0.2, 0.25) is 0 Å². The van der Waals surface area contributed by atoms with Crippen molar-refractivity contribution in [2.24, 2.45) is 0 Å². The van der Waals surface area contributed by atoms with Crippen LogP contribution in [0.2, 0.25) is 0 Å². The van der Waals surface area contributed by atoms with Crippen molar-refractivity contribution in [2.75, 3.05) is 49.7 Å². The second kappa shape index (κ2) is 16.5. The van der Waals surface area contributed by atoms with Crippen LogP contribution in [0, 0.1) is 6.92 Å². The normalized spacial score (nSPS) is 14.5. The summed E-state index contributed by atoms with van der Waals surface area (Å²) in [6.45, 7) is 3.93. The first-order valence-corrected chi connectivity index (χ1v) is 19.5. The van der Waals surface area contributed by atoms with Gasteiger partial charge in [0.05, 0.1) is 10.6 Å². The first kappa shape index (κ1) is 37.5. The third kappa shape index (κ3) is 10.1. The third-order valence-corrected chi connectivity index (χ3v) is 12.5. The molecule has 50 heavy (non-hydrogen) atoms. The topological polar surface area (TPSA) is 81.8 Å². The zero-order valence-corrected chi connectivity index (χ0v) is 30.6. The van der Waals surface area contributed by atoms with E-state index >= 15 is 0 Å². The van der Waals surface area contributed by atoms with E-state index in [9.17, 15) is 26.4 Å². The van der Waals surface area contributed by atoms with E-state index < -0.39 is 27.7 Å². The highest BCUT2D eigenvalue weighted by Crippen LogP contribution is 2.35. The highest BCUT2D eigenvalue weighted by Gasteiger charge is 2.32. The number of thioether (sulfide) groups is 1. The lowest BCUT2D eigenvalue weighted by molar-refractivity contribution is -0.137. The Morgan fingerprint density at radius 2 is 1.66 bits per heavy atom. The lowest BCUT2D eigenvalue weighted by atomic mass is 9.98. The first-order chi connectivity index (χ1) is 23.8. The summed E-state index contributed by atoms with van der Waals surface area (Å²) < 4.78 is 69.2. The number of hydrogen-bond acceptors (Lipinski definition) is 8. The van der Waals surface area contributed by atoms with Crippen LogP contribution in [0.25, 0.3) is 6.08 Å². The van der Waals surface area contributed by atoms with Crippen molar-refractivity contribution in [3.8, 4) is 0 Å². The van der Waals surface area contributed by atoms with Crippen molar-refractivity contribution < 1.29 is 26.4 Å². The summed E-state index contributed by atoms with van der Waals surface area (Å²) in [5.41, 5.74) is 2.30. The fraction of sp³-hybridized carbons (Fsp3) is 0.324. The van der Waals surface area contributed by atoms with Crippen molar-refractivity contribution >= 4 is 55.8 Å². The van der Waals surface area contributed by atoms with E-state index in [0.29, 0.717) is 25.9 Å². The van der Waals surface area contributed by atoms with Crippen LogP contribution in [-0.4, -0.2) is 64.7 Å². The Kier molecular flexibility index (Phi) is 12.4. The van der Waals surface area contributed by atoms with Crippen molar-refractivity contribution in [2.45, 2.75) is 47.5 Å². The quantitative estimate of drug-likeness (QED) is 0.133. The SMILES string of the molecule is Cc1cc(S(=O)(=O)NC(=O)c2ccc(N3CCC(=Cc4ccccc4C(F)(F)F)CC3)cc2)sc1N[C@H](CCN(C)C)CSc1ccccc1. The van der Waals surface area contributed by atoms with Crippen LogP contribution in [-0.2, 0) is 16.2 Å². The van der Waals surface area contributed by atoms with Gasteiger partial charge in [0.15, 0.2) is 0 Å². The number of anilines is 2. The molecule has 0 spiro atoms. The fourth-order valence-corrected chi connectivity index (χ4v) is 9.07. The number of nitrogens with zero attached hydrogens (tertiary/aromatic N) is 2.